The zero-order valence-corrected chi connectivity index (χ0v) is 16.1. The van der Waals surface area contributed by atoms with Crippen LogP contribution in [-0.4, -0.2) is 41.3 Å². The highest BCUT2D eigenvalue weighted by Crippen LogP contribution is 2.18. The van der Waals surface area contributed by atoms with Gasteiger partial charge in [0.05, 0.1) is 18.1 Å². The van der Waals surface area contributed by atoms with Crippen LogP contribution in [0.4, 0.5) is 5.69 Å². The van der Waals surface area contributed by atoms with Gasteiger partial charge in [-0.1, -0.05) is 29.8 Å². The Balaban J connectivity index is 1.47. The van der Waals surface area contributed by atoms with E-state index < -0.39 is 10.0 Å². The number of morpholine rings is 1. The summed E-state index contributed by atoms with van der Waals surface area (Å²) in [7, 11) is -3.51. The molecular weight excluding hydrogens is 372 g/mol. The lowest BCUT2D eigenvalue weighted by Crippen LogP contribution is -2.36. The van der Waals surface area contributed by atoms with Crippen molar-refractivity contribution < 1.29 is 13.2 Å². The Morgan fingerprint density at radius 3 is 2.50 bits per heavy atom. The number of hydrogen-bond donors (Lipinski definition) is 1. The molecule has 0 atom stereocenters. The quantitative estimate of drug-likeness (QED) is 0.733. The first-order valence-corrected chi connectivity index (χ1v) is 10.6. The molecule has 0 bridgehead atoms. The second-order valence-corrected chi connectivity index (χ2v) is 8.43. The molecule has 2 aromatic rings. The highest BCUT2D eigenvalue weighted by Gasteiger charge is 2.13. The molecule has 0 radical (unpaired) electrons. The Kier molecular flexibility index (Phi) is 6.53. The van der Waals surface area contributed by atoms with Crippen LogP contribution in [0.25, 0.3) is 0 Å². The number of hydrogen-bond acceptors (Lipinski definition) is 4. The number of aryl methyl sites for hydroxylation is 1. The number of ether oxygens (including phenoxy) is 1. The van der Waals surface area contributed by atoms with Crippen LogP contribution in [0.1, 0.15) is 12.0 Å². The Morgan fingerprint density at radius 2 is 1.81 bits per heavy atom. The number of nitrogens with zero attached hydrogens (tertiary/aromatic N) is 1. The van der Waals surface area contributed by atoms with Gasteiger partial charge in [-0.3, -0.25) is 0 Å². The molecule has 0 aromatic heterocycles. The van der Waals surface area contributed by atoms with Gasteiger partial charge in [0.2, 0.25) is 10.0 Å². The van der Waals surface area contributed by atoms with E-state index in [2.05, 4.69) is 33.9 Å². The predicted molar refractivity (Wildman–Crippen MR) is 104 cm³/mol. The van der Waals surface area contributed by atoms with E-state index in [0.29, 0.717) is 11.6 Å². The second-order valence-electron chi connectivity index (χ2n) is 6.22. The minimum Gasteiger partial charge on any atom is -0.378 e. The fourth-order valence-corrected chi connectivity index (χ4v) is 4.29. The van der Waals surface area contributed by atoms with E-state index in [1.807, 2.05) is 0 Å². The zero-order chi connectivity index (χ0) is 18.4. The smallest absolute Gasteiger partial charge is 0.240 e. The molecule has 7 heteroatoms. The van der Waals surface area contributed by atoms with Crippen molar-refractivity contribution in [1.29, 1.82) is 0 Å². The summed E-state index contributed by atoms with van der Waals surface area (Å²) in [5, 5.41) is 0.410. The van der Waals surface area contributed by atoms with Crippen LogP contribution in [0, 0.1) is 0 Å². The summed E-state index contributed by atoms with van der Waals surface area (Å²) in [6.45, 7) is 3.78. The fraction of sp³-hybridized carbons (Fsp3) is 0.368. The van der Waals surface area contributed by atoms with Gasteiger partial charge in [-0.05, 0) is 48.7 Å². The highest BCUT2D eigenvalue weighted by molar-refractivity contribution is 7.89. The number of anilines is 1. The van der Waals surface area contributed by atoms with E-state index in [0.717, 1.165) is 39.1 Å². The summed E-state index contributed by atoms with van der Waals surface area (Å²) in [4.78, 5) is 2.51. The topological polar surface area (TPSA) is 58.6 Å². The molecule has 0 spiro atoms. The molecule has 0 saturated carbocycles. The molecule has 5 nitrogen and oxygen atoms in total. The van der Waals surface area contributed by atoms with Crippen molar-refractivity contribution in [2.24, 2.45) is 0 Å². The van der Waals surface area contributed by atoms with Crippen molar-refractivity contribution in [2.75, 3.05) is 37.7 Å². The van der Waals surface area contributed by atoms with E-state index in [1.54, 1.807) is 18.2 Å². The van der Waals surface area contributed by atoms with Crippen LogP contribution in [0.3, 0.4) is 0 Å². The van der Waals surface area contributed by atoms with Gasteiger partial charge in [0.15, 0.2) is 0 Å². The van der Waals surface area contributed by atoms with Crippen molar-refractivity contribution in [1.82, 2.24) is 4.72 Å². The largest absolute Gasteiger partial charge is 0.378 e. The Morgan fingerprint density at radius 1 is 1.08 bits per heavy atom. The van der Waals surface area contributed by atoms with Gasteiger partial charge in [0.1, 0.15) is 0 Å². The van der Waals surface area contributed by atoms with Gasteiger partial charge >= 0.3 is 0 Å². The molecule has 26 heavy (non-hydrogen) atoms. The fourth-order valence-electron chi connectivity index (χ4n) is 2.91. The number of benzene rings is 2. The molecule has 1 fully saturated rings. The average Bonchev–Trinajstić information content (AvgIpc) is 2.66. The zero-order valence-electron chi connectivity index (χ0n) is 14.5. The maximum atomic E-state index is 12.2. The van der Waals surface area contributed by atoms with Crippen LogP contribution >= 0.6 is 11.6 Å². The van der Waals surface area contributed by atoms with Crippen LogP contribution in [0.2, 0.25) is 5.02 Å². The summed E-state index contributed by atoms with van der Waals surface area (Å²) in [5.41, 5.74) is 2.41. The first kappa shape index (κ1) is 19.2. The lowest BCUT2D eigenvalue weighted by atomic mass is 10.1. The number of halogens is 1. The third kappa shape index (κ3) is 5.20. The van der Waals surface area contributed by atoms with E-state index in [-0.39, 0.29) is 4.90 Å². The maximum absolute atomic E-state index is 12.2. The number of nitrogens with one attached hydrogen (secondary N) is 1. The molecule has 1 aliphatic rings. The molecule has 140 valence electrons. The summed E-state index contributed by atoms with van der Waals surface area (Å²) in [6.07, 6.45) is 1.55. The second kappa shape index (κ2) is 8.86. The number of rotatable bonds is 7. The van der Waals surface area contributed by atoms with Crippen molar-refractivity contribution in [3.63, 3.8) is 0 Å². The Labute approximate surface area is 160 Å². The average molecular weight is 395 g/mol. The Hall–Kier alpha value is -1.60. The third-order valence-corrected chi connectivity index (χ3v) is 6.05. The molecule has 1 N–H and O–H groups in total. The SMILES string of the molecule is O=S(=O)(NCCCc1ccc(N2CCOCC2)cc1)c1cccc(Cl)c1. The molecule has 1 aliphatic heterocycles. The van der Waals surface area contributed by atoms with E-state index in [1.165, 1.54) is 17.3 Å². The third-order valence-electron chi connectivity index (χ3n) is 4.35. The number of sulfonamides is 1. The monoisotopic (exact) mass is 394 g/mol. The molecule has 3 rings (SSSR count). The van der Waals surface area contributed by atoms with Crippen LogP contribution in [0.15, 0.2) is 53.4 Å². The van der Waals surface area contributed by atoms with Gasteiger partial charge in [0, 0.05) is 30.3 Å². The summed E-state index contributed by atoms with van der Waals surface area (Å²) < 4.78 is 32.5. The van der Waals surface area contributed by atoms with Gasteiger partial charge in [-0.25, -0.2) is 13.1 Å². The molecule has 1 heterocycles. The Bertz CT molecular complexity index is 819. The van der Waals surface area contributed by atoms with E-state index >= 15 is 0 Å². The summed E-state index contributed by atoms with van der Waals surface area (Å²) >= 11 is 5.86. The van der Waals surface area contributed by atoms with Crippen molar-refractivity contribution in [3.05, 3.63) is 59.1 Å². The summed E-state index contributed by atoms with van der Waals surface area (Å²) in [5.74, 6) is 0. The minimum absolute atomic E-state index is 0.194. The standard InChI is InChI=1S/C19H23ClN2O3S/c20-17-4-1-5-19(15-17)26(23,24)21-10-2-3-16-6-8-18(9-7-16)22-11-13-25-14-12-22/h1,4-9,15,21H,2-3,10-14H2. The predicted octanol–water partition coefficient (Wildman–Crippen LogP) is 3.09. The molecular formula is C19H23ClN2O3S. The highest BCUT2D eigenvalue weighted by atomic mass is 35.5. The van der Waals surface area contributed by atoms with Gasteiger partial charge in [-0.2, -0.15) is 0 Å². The lowest BCUT2D eigenvalue weighted by Gasteiger charge is -2.28. The molecule has 2 aromatic carbocycles. The van der Waals surface area contributed by atoms with Crippen molar-refractivity contribution in [2.45, 2.75) is 17.7 Å². The molecule has 0 unspecified atom stereocenters. The normalized spacial score (nSPS) is 15.2. The van der Waals surface area contributed by atoms with Gasteiger partial charge < -0.3 is 9.64 Å². The molecule has 0 amide bonds. The van der Waals surface area contributed by atoms with Crippen LogP contribution in [0.5, 0.6) is 0 Å². The maximum Gasteiger partial charge on any atom is 0.240 e. The van der Waals surface area contributed by atoms with Crippen molar-refractivity contribution >= 4 is 27.3 Å². The lowest BCUT2D eigenvalue weighted by molar-refractivity contribution is 0.122. The van der Waals surface area contributed by atoms with Gasteiger partial charge in [0.25, 0.3) is 0 Å². The first-order valence-electron chi connectivity index (χ1n) is 8.71. The van der Waals surface area contributed by atoms with Crippen molar-refractivity contribution in [3.8, 4) is 0 Å². The van der Waals surface area contributed by atoms with Crippen LogP contribution in [-0.2, 0) is 21.2 Å². The van der Waals surface area contributed by atoms with Crippen LogP contribution < -0.4 is 9.62 Å². The van der Waals surface area contributed by atoms with E-state index in [9.17, 15) is 8.42 Å². The van der Waals surface area contributed by atoms with Gasteiger partial charge in [-0.15, -0.1) is 0 Å². The first-order chi connectivity index (χ1) is 12.5. The summed E-state index contributed by atoms with van der Waals surface area (Å²) in [6, 6.07) is 14.7. The molecule has 0 aliphatic carbocycles. The van der Waals surface area contributed by atoms with E-state index in [4.69, 9.17) is 16.3 Å². The minimum atomic E-state index is -3.51. The molecule has 1 saturated heterocycles.